The van der Waals surface area contributed by atoms with Gasteiger partial charge in [-0.3, -0.25) is 9.59 Å². The largest absolute Gasteiger partial charge is 0.350 e. The molecule has 2 aromatic rings. The summed E-state index contributed by atoms with van der Waals surface area (Å²) >= 11 is 0. The summed E-state index contributed by atoms with van der Waals surface area (Å²) < 4.78 is 53.4. The Morgan fingerprint density at radius 2 is 1.58 bits per heavy atom. The van der Waals surface area contributed by atoms with Gasteiger partial charge in [0, 0.05) is 37.2 Å². The van der Waals surface area contributed by atoms with Gasteiger partial charge in [-0.15, -0.1) is 0 Å². The molecule has 2 aromatic carbocycles. The Hall–Kier alpha value is -3.16. The predicted molar refractivity (Wildman–Crippen MR) is 116 cm³/mol. The molecule has 8 heteroatoms. The van der Waals surface area contributed by atoms with E-state index in [1.165, 1.54) is 30.3 Å². The number of halogens is 4. The lowest BCUT2D eigenvalue weighted by Gasteiger charge is -2.44. The number of carbonyl (C=O) groups is 2. The van der Waals surface area contributed by atoms with E-state index in [1.54, 1.807) is 11.0 Å². The highest BCUT2D eigenvalue weighted by Crippen LogP contribution is 2.59. The average molecular weight is 460 g/mol. The Kier molecular flexibility index (Phi) is 6.28. The van der Waals surface area contributed by atoms with Crippen molar-refractivity contribution in [3.05, 3.63) is 77.4 Å². The van der Waals surface area contributed by atoms with Crippen LogP contribution in [0.1, 0.15) is 46.7 Å². The van der Waals surface area contributed by atoms with Crippen LogP contribution in [0, 0.1) is 0 Å². The minimum atomic E-state index is -4.07. The number of rotatable bonds is 5. The van der Waals surface area contributed by atoms with Crippen molar-refractivity contribution in [1.29, 1.82) is 0 Å². The molecule has 4 rings (SSSR count). The van der Waals surface area contributed by atoms with Crippen molar-refractivity contribution in [2.75, 3.05) is 13.1 Å². The first-order valence-electron chi connectivity index (χ1n) is 10.9. The third kappa shape index (κ3) is 4.79. The topological polar surface area (TPSA) is 49.4 Å². The number of hydrogen-bond acceptors (Lipinski definition) is 2. The Bertz CT molecular complexity index is 1030. The molecule has 1 aliphatic carbocycles. The van der Waals surface area contributed by atoms with Crippen LogP contribution < -0.4 is 5.32 Å². The number of piperidine rings is 1. The zero-order chi connectivity index (χ0) is 23.6. The molecule has 1 heterocycles. The lowest BCUT2D eigenvalue weighted by molar-refractivity contribution is -0.290. The second kappa shape index (κ2) is 9.00. The highest BCUT2D eigenvalue weighted by Gasteiger charge is 2.71. The number of benzene rings is 2. The molecule has 1 N–H and O–H groups in total. The van der Waals surface area contributed by atoms with E-state index in [4.69, 9.17) is 0 Å². The maximum Gasteiger partial charge on any atom is 0.317 e. The smallest absolute Gasteiger partial charge is 0.317 e. The third-order valence-electron chi connectivity index (χ3n) is 6.30. The molecule has 2 fully saturated rings. The molecule has 0 aromatic heterocycles. The second-order valence-electron chi connectivity index (χ2n) is 8.53. The van der Waals surface area contributed by atoms with Crippen molar-refractivity contribution in [3.63, 3.8) is 0 Å². The number of nitrogens with zero attached hydrogens (tertiary/aromatic N) is 1. The molecule has 1 atom stereocenters. The lowest BCUT2D eigenvalue weighted by atomic mass is 9.72. The molecule has 0 radical (unpaired) electrons. The minimum Gasteiger partial charge on any atom is -0.350 e. The van der Waals surface area contributed by atoms with Gasteiger partial charge in [-0.2, -0.15) is 17.6 Å². The van der Waals surface area contributed by atoms with Crippen LogP contribution >= 0.6 is 0 Å². The van der Waals surface area contributed by atoms with Crippen molar-refractivity contribution < 1.29 is 27.2 Å². The Labute approximate surface area is 189 Å². The molecule has 33 heavy (non-hydrogen) atoms. The summed E-state index contributed by atoms with van der Waals surface area (Å²) in [6.45, 7) is 0.891. The van der Waals surface area contributed by atoms with Crippen molar-refractivity contribution in [3.8, 4) is 0 Å². The second-order valence-corrected chi connectivity index (χ2v) is 8.53. The molecule has 0 spiro atoms. The first-order chi connectivity index (χ1) is 15.7. The van der Waals surface area contributed by atoms with Gasteiger partial charge in [0.05, 0.1) is 5.92 Å². The Morgan fingerprint density at radius 3 is 2.15 bits per heavy atom. The number of nitrogens with one attached hydrogen (secondary N) is 1. The van der Waals surface area contributed by atoms with Crippen molar-refractivity contribution in [2.45, 2.75) is 43.1 Å². The highest BCUT2D eigenvalue weighted by molar-refractivity contribution is 5.94. The predicted octanol–water partition coefficient (Wildman–Crippen LogP) is 4.88. The lowest BCUT2D eigenvalue weighted by Crippen LogP contribution is -2.56. The zero-order valence-corrected chi connectivity index (χ0v) is 17.8. The first-order valence-corrected chi connectivity index (χ1v) is 10.9. The van der Waals surface area contributed by atoms with E-state index in [9.17, 15) is 27.2 Å². The van der Waals surface area contributed by atoms with Gasteiger partial charge in [-0.05, 0) is 42.2 Å². The van der Waals surface area contributed by atoms with E-state index in [2.05, 4.69) is 5.32 Å². The number of amides is 2. The molecule has 1 aliphatic heterocycles. The van der Waals surface area contributed by atoms with E-state index < -0.39 is 24.2 Å². The summed E-state index contributed by atoms with van der Waals surface area (Å²) in [7, 11) is 0. The Balaban J connectivity index is 1.27. The third-order valence-corrected chi connectivity index (χ3v) is 6.30. The fourth-order valence-electron chi connectivity index (χ4n) is 4.22. The molecule has 1 unspecified atom stereocenters. The number of alkyl halides is 4. The van der Waals surface area contributed by atoms with Crippen LogP contribution in [-0.4, -0.2) is 47.7 Å². The van der Waals surface area contributed by atoms with E-state index in [0.717, 1.165) is 5.56 Å². The van der Waals surface area contributed by atoms with Gasteiger partial charge < -0.3 is 10.2 Å². The molecular weight excluding hydrogens is 436 g/mol. The molecule has 1 saturated heterocycles. The van der Waals surface area contributed by atoms with E-state index in [-0.39, 0.29) is 23.4 Å². The van der Waals surface area contributed by atoms with Gasteiger partial charge in [0.15, 0.2) is 0 Å². The standard InChI is InChI=1S/C25H24F4N2O2/c26-24(27)16-21(25(24,28)29)18-7-9-19(10-8-18)23(33)31-14-12-20(13-15-31)30-22(32)11-6-17-4-2-1-3-5-17/h1-11,20-21H,12-16H2,(H,30,32)/b11-6+. The summed E-state index contributed by atoms with van der Waals surface area (Å²) in [6.07, 6.45) is 3.51. The van der Waals surface area contributed by atoms with Gasteiger partial charge >= 0.3 is 11.8 Å². The SMILES string of the molecule is O=C(/C=C/c1ccccc1)NC1CCN(C(=O)c2ccc(C3CC(F)(F)C3(F)F)cc2)CC1. The number of hydrogen-bond donors (Lipinski definition) is 1. The average Bonchev–Trinajstić information content (AvgIpc) is 2.82. The van der Waals surface area contributed by atoms with Gasteiger partial charge in [-0.1, -0.05) is 42.5 Å². The molecule has 0 bridgehead atoms. The fraction of sp³-hybridized carbons (Fsp3) is 0.360. The van der Waals surface area contributed by atoms with Crippen LogP contribution in [0.2, 0.25) is 0 Å². The summed E-state index contributed by atoms with van der Waals surface area (Å²) in [5.41, 5.74) is 1.35. The van der Waals surface area contributed by atoms with Crippen LogP contribution in [0.25, 0.3) is 6.08 Å². The van der Waals surface area contributed by atoms with E-state index in [1.807, 2.05) is 30.3 Å². The first kappa shape index (κ1) is 23.0. The van der Waals surface area contributed by atoms with Gasteiger partial charge in [-0.25, -0.2) is 0 Å². The van der Waals surface area contributed by atoms with E-state index in [0.29, 0.717) is 31.5 Å². The summed E-state index contributed by atoms with van der Waals surface area (Å²) in [6, 6.07) is 14.9. The van der Waals surface area contributed by atoms with Crippen molar-refractivity contribution in [2.24, 2.45) is 0 Å². The summed E-state index contributed by atoms with van der Waals surface area (Å²) in [5.74, 6) is -10.0. The molecule has 2 aliphatic rings. The molecule has 4 nitrogen and oxygen atoms in total. The van der Waals surface area contributed by atoms with Crippen molar-refractivity contribution >= 4 is 17.9 Å². The van der Waals surface area contributed by atoms with Crippen molar-refractivity contribution in [1.82, 2.24) is 10.2 Å². The molecule has 2 amide bonds. The zero-order valence-electron chi connectivity index (χ0n) is 17.8. The highest BCUT2D eigenvalue weighted by atomic mass is 19.3. The fourth-order valence-corrected chi connectivity index (χ4v) is 4.22. The molecule has 1 saturated carbocycles. The number of likely N-dealkylation sites (tertiary alicyclic amines) is 1. The van der Waals surface area contributed by atoms with E-state index >= 15 is 0 Å². The van der Waals surface area contributed by atoms with Gasteiger partial charge in [0.25, 0.3) is 5.91 Å². The van der Waals surface area contributed by atoms with Crippen LogP contribution in [0.3, 0.4) is 0 Å². The minimum absolute atomic E-state index is 0.0492. The van der Waals surface area contributed by atoms with Crippen LogP contribution in [0.4, 0.5) is 17.6 Å². The Morgan fingerprint density at radius 1 is 0.939 bits per heavy atom. The maximum absolute atomic E-state index is 13.6. The van der Waals surface area contributed by atoms with Crippen LogP contribution in [-0.2, 0) is 4.79 Å². The van der Waals surface area contributed by atoms with Gasteiger partial charge in [0.2, 0.25) is 5.91 Å². The summed E-state index contributed by atoms with van der Waals surface area (Å²) in [5, 5.41) is 2.94. The molecular formula is C25H24F4N2O2. The number of carbonyl (C=O) groups excluding carboxylic acids is 2. The van der Waals surface area contributed by atoms with Crippen LogP contribution in [0.5, 0.6) is 0 Å². The molecule has 174 valence electrons. The maximum atomic E-state index is 13.6. The monoisotopic (exact) mass is 460 g/mol. The normalized spacial score (nSPS) is 22.1. The van der Waals surface area contributed by atoms with Crippen LogP contribution in [0.15, 0.2) is 60.7 Å². The summed E-state index contributed by atoms with van der Waals surface area (Å²) in [4.78, 5) is 26.5. The quantitative estimate of drug-likeness (QED) is 0.511. The van der Waals surface area contributed by atoms with Gasteiger partial charge in [0.1, 0.15) is 0 Å².